The van der Waals surface area contributed by atoms with Gasteiger partial charge in [-0.25, -0.2) is 4.57 Å². The van der Waals surface area contributed by atoms with Gasteiger partial charge in [0.05, 0.1) is 0 Å². The van der Waals surface area contributed by atoms with Crippen LogP contribution in [0.1, 0.15) is 0 Å². The van der Waals surface area contributed by atoms with Crippen LogP contribution in [0.15, 0.2) is 30.6 Å². The molecule has 1 unspecified atom stereocenters. The van der Waals surface area contributed by atoms with Crippen molar-refractivity contribution in [2.75, 3.05) is 7.11 Å². The van der Waals surface area contributed by atoms with E-state index in [1.165, 1.54) is 0 Å². The predicted octanol–water partition coefficient (Wildman–Crippen LogP) is -0.106. The molecule has 1 rings (SSSR count). The number of aromatic nitrogens is 1. The maximum absolute atomic E-state index is 9.22. The van der Waals surface area contributed by atoms with Crippen molar-refractivity contribution in [3.8, 4) is 0 Å². The van der Waals surface area contributed by atoms with E-state index in [1.807, 2.05) is 42.2 Å². The number of hydrogen-bond donors (Lipinski definition) is 0. The number of pyridine rings is 1. The first-order chi connectivity index (χ1) is 5.66. The Morgan fingerprint density at radius 2 is 1.75 bits per heavy atom. The van der Waals surface area contributed by atoms with Gasteiger partial charge in [0, 0.05) is 19.2 Å². The first kappa shape index (κ1) is 11.3. The first-order valence-electron chi connectivity index (χ1n) is 3.32. The van der Waals surface area contributed by atoms with Crippen molar-refractivity contribution in [1.82, 2.24) is 0 Å². The molecular formula is C7H12NO3P. The minimum absolute atomic E-state index is 1.12. The first-order valence-corrected chi connectivity index (χ1v) is 4.54. The minimum atomic E-state index is -2.87. The summed E-state index contributed by atoms with van der Waals surface area (Å²) in [6.45, 7) is 0. The average molecular weight is 189 g/mol. The SMILES string of the molecule is CO[PH](=O)[O-].C[n+]1ccccc1. The van der Waals surface area contributed by atoms with Crippen LogP contribution in [0.25, 0.3) is 0 Å². The number of aryl methyl sites for hydroxylation is 1. The second-order valence-corrected chi connectivity index (χ2v) is 2.90. The van der Waals surface area contributed by atoms with Gasteiger partial charge in [-0.1, -0.05) is 6.07 Å². The van der Waals surface area contributed by atoms with Crippen LogP contribution in [-0.4, -0.2) is 7.11 Å². The summed E-state index contributed by atoms with van der Waals surface area (Å²) in [5.41, 5.74) is 0. The molecule has 12 heavy (non-hydrogen) atoms. The Labute approximate surface area is 72.4 Å². The van der Waals surface area contributed by atoms with E-state index in [0.717, 1.165) is 7.11 Å². The van der Waals surface area contributed by atoms with Crippen LogP contribution < -0.4 is 9.46 Å². The molecule has 0 aliphatic rings. The number of nitrogens with zero attached hydrogens (tertiary/aromatic N) is 1. The average Bonchev–Trinajstić information content (AvgIpc) is 2.07. The monoisotopic (exact) mass is 189 g/mol. The van der Waals surface area contributed by atoms with E-state index in [1.54, 1.807) is 0 Å². The molecule has 0 spiro atoms. The number of rotatable bonds is 1. The highest BCUT2D eigenvalue weighted by molar-refractivity contribution is 7.30. The maximum Gasteiger partial charge on any atom is 0.168 e. The second-order valence-electron chi connectivity index (χ2n) is 2.00. The summed E-state index contributed by atoms with van der Waals surface area (Å²) in [5.74, 6) is 0. The highest BCUT2D eigenvalue weighted by atomic mass is 31.1. The van der Waals surface area contributed by atoms with Gasteiger partial charge in [-0.3, -0.25) is 0 Å². The van der Waals surface area contributed by atoms with Gasteiger partial charge in [0.2, 0.25) is 0 Å². The normalized spacial score (nSPS) is 11.2. The highest BCUT2D eigenvalue weighted by Crippen LogP contribution is 2.02. The van der Waals surface area contributed by atoms with Crippen LogP contribution in [0.5, 0.6) is 0 Å². The summed E-state index contributed by atoms with van der Waals surface area (Å²) in [6, 6.07) is 6.00. The summed E-state index contributed by atoms with van der Waals surface area (Å²) in [4.78, 5) is 9.22. The van der Waals surface area contributed by atoms with Crippen molar-refractivity contribution in [3.63, 3.8) is 0 Å². The summed E-state index contributed by atoms with van der Waals surface area (Å²) in [5, 5.41) is 0. The lowest BCUT2D eigenvalue weighted by Crippen LogP contribution is -2.25. The molecule has 0 fully saturated rings. The largest absolute Gasteiger partial charge is 0.781 e. The van der Waals surface area contributed by atoms with E-state index in [-0.39, 0.29) is 0 Å². The third kappa shape index (κ3) is 7.41. The van der Waals surface area contributed by atoms with Gasteiger partial charge in [-0.15, -0.1) is 0 Å². The molecule has 1 aromatic heterocycles. The smallest absolute Gasteiger partial charge is 0.168 e. The van der Waals surface area contributed by atoms with Crippen LogP contribution in [-0.2, 0) is 16.1 Å². The van der Waals surface area contributed by atoms with Crippen molar-refractivity contribution in [3.05, 3.63) is 30.6 Å². The van der Waals surface area contributed by atoms with Crippen molar-refractivity contribution < 1.29 is 18.5 Å². The van der Waals surface area contributed by atoms with E-state index in [4.69, 9.17) is 0 Å². The predicted molar refractivity (Wildman–Crippen MR) is 43.6 cm³/mol. The lowest BCUT2D eigenvalue weighted by atomic mass is 10.5. The van der Waals surface area contributed by atoms with Gasteiger partial charge in [-0.2, -0.15) is 0 Å². The molecule has 0 saturated heterocycles. The molecule has 0 aromatic carbocycles. The van der Waals surface area contributed by atoms with Gasteiger partial charge in [0.15, 0.2) is 12.4 Å². The fourth-order valence-electron chi connectivity index (χ4n) is 0.485. The molecule has 0 amide bonds. The maximum atomic E-state index is 9.22. The molecule has 0 radical (unpaired) electrons. The third-order valence-electron chi connectivity index (χ3n) is 1.03. The summed E-state index contributed by atoms with van der Waals surface area (Å²) < 4.78 is 15.0. The molecule has 1 aromatic rings. The van der Waals surface area contributed by atoms with E-state index < -0.39 is 8.25 Å². The summed E-state index contributed by atoms with van der Waals surface area (Å²) in [7, 11) is 0.245. The molecule has 4 nitrogen and oxygen atoms in total. The molecule has 1 atom stereocenters. The molecule has 0 bridgehead atoms. The Kier molecular flexibility index (Phi) is 6.57. The van der Waals surface area contributed by atoms with Crippen LogP contribution in [0.3, 0.4) is 0 Å². The Morgan fingerprint density at radius 3 is 1.92 bits per heavy atom. The van der Waals surface area contributed by atoms with Crippen LogP contribution >= 0.6 is 8.25 Å². The highest BCUT2D eigenvalue weighted by Gasteiger charge is 1.78. The minimum Gasteiger partial charge on any atom is -0.781 e. The Balaban J connectivity index is 0.000000217. The Bertz CT molecular complexity index is 227. The molecular weight excluding hydrogens is 177 g/mol. The van der Waals surface area contributed by atoms with E-state index in [9.17, 15) is 9.46 Å². The molecule has 0 aliphatic heterocycles. The van der Waals surface area contributed by atoms with Crippen molar-refractivity contribution in [2.24, 2.45) is 7.05 Å². The zero-order valence-corrected chi connectivity index (χ0v) is 8.06. The summed E-state index contributed by atoms with van der Waals surface area (Å²) >= 11 is 0. The van der Waals surface area contributed by atoms with E-state index in [2.05, 4.69) is 4.52 Å². The third-order valence-corrected chi connectivity index (χ3v) is 1.36. The molecule has 1 heterocycles. The zero-order chi connectivity index (χ0) is 9.40. The molecule has 0 N–H and O–H groups in total. The lowest BCUT2D eigenvalue weighted by molar-refractivity contribution is -0.671. The van der Waals surface area contributed by atoms with Gasteiger partial charge < -0.3 is 14.0 Å². The quantitative estimate of drug-likeness (QED) is 0.457. The van der Waals surface area contributed by atoms with Crippen LogP contribution in [0.4, 0.5) is 0 Å². The van der Waals surface area contributed by atoms with Gasteiger partial charge >= 0.3 is 0 Å². The Hall–Kier alpha value is -0.700. The van der Waals surface area contributed by atoms with Gasteiger partial charge in [0.25, 0.3) is 0 Å². The van der Waals surface area contributed by atoms with Crippen LogP contribution in [0.2, 0.25) is 0 Å². The van der Waals surface area contributed by atoms with E-state index in [0.29, 0.717) is 0 Å². The fourth-order valence-corrected chi connectivity index (χ4v) is 0.485. The van der Waals surface area contributed by atoms with Crippen molar-refractivity contribution in [1.29, 1.82) is 0 Å². The van der Waals surface area contributed by atoms with Gasteiger partial charge in [-0.05, 0) is 0 Å². The Morgan fingerprint density at radius 1 is 1.33 bits per heavy atom. The van der Waals surface area contributed by atoms with Crippen molar-refractivity contribution in [2.45, 2.75) is 0 Å². The lowest BCUT2D eigenvalue weighted by Gasteiger charge is -1.95. The van der Waals surface area contributed by atoms with Gasteiger partial charge in [0.1, 0.15) is 15.3 Å². The molecule has 0 aliphatic carbocycles. The van der Waals surface area contributed by atoms with E-state index >= 15 is 0 Å². The number of hydrogen-bond acceptors (Lipinski definition) is 3. The fraction of sp³-hybridized carbons (Fsp3) is 0.286. The standard InChI is InChI=1S/C6H8N.CH5O3P/c1-7-5-3-2-4-6-7;1-4-5(2)3/h2-6H,1H3;5H,1H3,(H,2,3)/q+1;/p-1. The topological polar surface area (TPSA) is 53.2 Å². The molecule has 68 valence electrons. The molecule has 0 saturated carbocycles. The van der Waals surface area contributed by atoms with Crippen molar-refractivity contribution >= 4 is 8.25 Å². The van der Waals surface area contributed by atoms with Crippen LogP contribution in [0, 0.1) is 0 Å². The summed E-state index contributed by atoms with van der Waals surface area (Å²) in [6.07, 6.45) is 4.00. The zero-order valence-electron chi connectivity index (χ0n) is 7.06. The second kappa shape index (κ2) is 6.98. The molecule has 5 heteroatoms.